The molecule has 21 heavy (non-hydrogen) atoms. The summed E-state index contributed by atoms with van der Waals surface area (Å²) in [6.45, 7) is 4.03. The summed E-state index contributed by atoms with van der Waals surface area (Å²) in [6.07, 6.45) is 2.55. The fraction of sp³-hybridized carbons (Fsp3) is 0.333. The highest BCUT2D eigenvalue weighted by Crippen LogP contribution is 2.19. The van der Waals surface area contributed by atoms with Gasteiger partial charge in [0, 0.05) is 13.6 Å². The van der Waals surface area contributed by atoms with Crippen LogP contribution in [0.2, 0.25) is 0 Å². The van der Waals surface area contributed by atoms with E-state index in [1.54, 1.807) is 18.7 Å². The molecular weight excluding hydrogens is 343 g/mol. The summed E-state index contributed by atoms with van der Waals surface area (Å²) in [6, 6.07) is 0. The molecule has 2 heterocycles. The molecule has 9 heteroatoms. The monoisotopic (exact) mass is 356 g/mol. The number of aryl methyl sites for hydroxylation is 2. The van der Waals surface area contributed by atoms with Gasteiger partial charge in [0.15, 0.2) is 5.69 Å². The first kappa shape index (κ1) is 15.4. The summed E-state index contributed by atoms with van der Waals surface area (Å²) < 4.78 is 17.0. The predicted octanol–water partition coefficient (Wildman–Crippen LogP) is 1.61. The molecule has 0 saturated heterocycles. The Morgan fingerprint density at radius 3 is 2.86 bits per heavy atom. The second-order valence-electron chi connectivity index (χ2n) is 4.28. The molecule has 0 spiro atoms. The van der Waals surface area contributed by atoms with Crippen molar-refractivity contribution in [1.82, 2.24) is 25.0 Å². The molecule has 0 atom stereocenters. The number of aromatic nitrogens is 4. The maximum absolute atomic E-state index is 13.7. The van der Waals surface area contributed by atoms with Crippen molar-refractivity contribution in [2.45, 2.75) is 20.4 Å². The standard InChI is InChI=1S/C12H14BrFN6O/c1-4-20-11(14)8(6-16-20)5-15-17-12(21)10-9(13)7(2)19(3)18-10/h5-6H,4H2,1-3H3,(H,17,21). The Bertz CT molecular complexity index is 705. The molecule has 0 saturated carbocycles. The Morgan fingerprint density at radius 2 is 2.33 bits per heavy atom. The third-order valence-corrected chi connectivity index (χ3v) is 3.90. The van der Waals surface area contributed by atoms with Crippen LogP contribution in [-0.4, -0.2) is 31.7 Å². The predicted molar refractivity (Wildman–Crippen MR) is 78.6 cm³/mol. The molecule has 2 aromatic rings. The number of nitrogens with zero attached hydrogens (tertiary/aromatic N) is 5. The molecule has 0 bridgehead atoms. The Labute approximate surface area is 129 Å². The van der Waals surface area contributed by atoms with Crippen LogP contribution in [0.1, 0.15) is 28.7 Å². The Morgan fingerprint density at radius 1 is 1.62 bits per heavy atom. The van der Waals surface area contributed by atoms with E-state index in [0.29, 0.717) is 11.0 Å². The topological polar surface area (TPSA) is 77.1 Å². The van der Waals surface area contributed by atoms with Crippen LogP contribution in [0.15, 0.2) is 15.8 Å². The second kappa shape index (κ2) is 6.17. The summed E-state index contributed by atoms with van der Waals surface area (Å²) in [5.41, 5.74) is 3.54. The molecule has 0 aliphatic rings. The van der Waals surface area contributed by atoms with Gasteiger partial charge in [-0.15, -0.1) is 0 Å². The smallest absolute Gasteiger partial charge is 0.271 e. The summed E-state index contributed by atoms with van der Waals surface area (Å²) >= 11 is 3.29. The number of rotatable bonds is 4. The van der Waals surface area contributed by atoms with Crippen molar-refractivity contribution in [3.8, 4) is 0 Å². The largest absolute Gasteiger partial charge is 0.293 e. The number of halogens is 2. The van der Waals surface area contributed by atoms with Gasteiger partial charge < -0.3 is 0 Å². The van der Waals surface area contributed by atoms with Gasteiger partial charge in [-0.2, -0.15) is 19.7 Å². The molecule has 0 aliphatic heterocycles. The maximum Gasteiger partial charge on any atom is 0.293 e. The van der Waals surface area contributed by atoms with E-state index < -0.39 is 11.9 Å². The molecule has 0 aliphatic carbocycles. The van der Waals surface area contributed by atoms with E-state index in [0.717, 1.165) is 5.69 Å². The van der Waals surface area contributed by atoms with E-state index in [1.807, 2.05) is 6.92 Å². The van der Waals surface area contributed by atoms with Crippen LogP contribution in [0.5, 0.6) is 0 Å². The van der Waals surface area contributed by atoms with Gasteiger partial charge in [0.2, 0.25) is 5.95 Å². The summed E-state index contributed by atoms with van der Waals surface area (Å²) in [5, 5.41) is 11.6. The van der Waals surface area contributed by atoms with E-state index in [2.05, 4.69) is 36.7 Å². The van der Waals surface area contributed by atoms with Gasteiger partial charge in [-0.05, 0) is 29.8 Å². The van der Waals surface area contributed by atoms with Crippen molar-refractivity contribution in [1.29, 1.82) is 0 Å². The summed E-state index contributed by atoms with van der Waals surface area (Å²) in [7, 11) is 1.73. The van der Waals surface area contributed by atoms with Gasteiger partial charge in [-0.25, -0.2) is 10.1 Å². The maximum atomic E-state index is 13.7. The number of amides is 1. The quantitative estimate of drug-likeness (QED) is 0.667. The minimum atomic E-state index is -0.495. The minimum Gasteiger partial charge on any atom is -0.271 e. The first-order chi connectivity index (χ1) is 9.95. The van der Waals surface area contributed by atoms with E-state index in [-0.39, 0.29) is 11.3 Å². The number of carbonyl (C=O) groups is 1. The molecule has 1 N–H and O–H groups in total. The second-order valence-corrected chi connectivity index (χ2v) is 5.07. The van der Waals surface area contributed by atoms with Crippen LogP contribution in [0, 0.1) is 12.9 Å². The third kappa shape index (κ3) is 3.02. The van der Waals surface area contributed by atoms with Crippen LogP contribution in [0.25, 0.3) is 0 Å². The number of carbonyl (C=O) groups excluding carboxylic acids is 1. The lowest BCUT2D eigenvalue weighted by Crippen LogP contribution is -2.19. The fourth-order valence-corrected chi connectivity index (χ4v) is 2.15. The lowest BCUT2D eigenvalue weighted by molar-refractivity contribution is 0.0948. The molecule has 0 aromatic carbocycles. The summed E-state index contributed by atoms with van der Waals surface area (Å²) in [5.74, 6) is -0.976. The van der Waals surface area contributed by atoms with Gasteiger partial charge in [0.25, 0.3) is 5.91 Å². The van der Waals surface area contributed by atoms with Gasteiger partial charge in [-0.1, -0.05) is 0 Å². The zero-order chi connectivity index (χ0) is 15.6. The summed E-state index contributed by atoms with van der Waals surface area (Å²) in [4.78, 5) is 11.9. The Balaban J connectivity index is 2.08. The minimum absolute atomic E-state index is 0.202. The highest BCUT2D eigenvalue weighted by molar-refractivity contribution is 9.10. The molecule has 112 valence electrons. The molecule has 2 rings (SSSR count). The average Bonchev–Trinajstić information content (AvgIpc) is 2.94. The van der Waals surface area contributed by atoms with Gasteiger partial charge in [0.05, 0.1) is 28.1 Å². The zero-order valence-corrected chi connectivity index (χ0v) is 13.3. The number of hydrogen-bond donors (Lipinski definition) is 1. The highest BCUT2D eigenvalue weighted by Gasteiger charge is 2.17. The van der Waals surface area contributed by atoms with Gasteiger partial charge in [-0.3, -0.25) is 9.48 Å². The van der Waals surface area contributed by atoms with E-state index in [1.165, 1.54) is 17.1 Å². The van der Waals surface area contributed by atoms with E-state index in [9.17, 15) is 9.18 Å². The molecule has 1 amide bonds. The molecule has 0 unspecified atom stereocenters. The Hall–Kier alpha value is -2.03. The van der Waals surface area contributed by atoms with Crippen molar-refractivity contribution in [2.24, 2.45) is 12.1 Å². The van der Waals surface area contributed by atoms with Crippen LogP contribution in [-0.2, 0) is 13.6 Å². The van der Waals surface area contributed by atoms with Crippen LogP contribution in [0.4, 0.5) is 4.39 Å². The zero-order valence-electron chi connectivity index (χ0n) is 11.8. The number of hydrazone groups is 1. The lowest BCUT2D eigenvalue weighted by Gasteiger charge is -1.96. The molecule has 2 aromatic heterocycles. The average molecular weight is 357 g/mol. The van der Waals surface area contributed by atoms with Crippen LogP contribution in [0.3, 0.4) is 0 Å². The van der Waals surface area contributed by atoms with Gasteiger partial charge in [0.1, 0.15) is 0 Å². The van der Waals surface area contributed by atoms with Crippen molar-refractivity contribution in [2.75, 3.05) is 0 Å². The normalized spacial score (nSPS) is 11.3. The lowest BCUT2D eigenvalue weighted by atomic mass is 10.3. The van der Waals surface area contributed by atoms with Crippen molar-refractivity contribution < 1.29 is 9.18 Å². The van der Waals surface area contributed by atoms with Crippen LogP contribution < -0.4 is 5.43 Å². The van der Waals surface area contributed by atoms with Gasteiger partial charge >= 0.3 is 0 Å². The number of hydrogen-bond acceptors (Lipinski definition) is 4. The first-order valence-corrected chi connectivity index (χ1v) is 6.98. The first-order valence-electron chi connectivity index (χ1n) is 6.19. The van der Waals surface area contributed by atoms with E-state index >= 15 is 0 Å². The van der Waals surface area contributed by atoms with Crippen molar-refractivity contribution >= 4 is 28.1 Å². The molecule has 7 nitrogen and oxygen atoms in total. The number of nitrogens with one attached hydrogen (secondary N) is 1. The molecular formula is C12H14BrFN6O. The molecule has 0 radical (unpaired) electrons. The Kier molecular flexibility index (Phi) is 4.51. The third-order valence-electron chi connectivity index (χ3n) is 2.95. The SMILES string of the molecule is CCn1ncc(C=NNC(=O)c2nn(C)c(C)c2Br)c1F. The van der Waals surface area contributed by atoms with Crippen LogP contribution >= 0.6 is 15.9 Å². The molecule has 0 fully saturated rings. The fourth-order valence-electron chi connectivity index (χ4n) is 1.63. The van der Waals surface area contributed by atoms with Crippen molar-refractivity contribution in [3.05, 3.63) is 33.6 Å². The highest BCUT2D eigenvalue weighted by atomic mass is 79.9. The van der Waals surface area contributed by atoms with Crippen molar-refractivity contribution in [3.63, 3.8) is 0 Å². The van der Waals surface area contributed by atoms with E-state index in [4.69, 9.17) is 0 Å².